The second-order valence-corrected chi connectivity index (χ2v) is 8.41. The summed E-state index contributed by atoms with van der Waals surface area (Å²) in [5.41, 5.74) is 2.61. The van der Waals surface area contributed by atoms with Gasteiger partial charge in [0.2, 0.25) is 5.23 Å². The molecule has 1 aliphatic rings. The molecule has 3 nitrogen and oxygen atoms in total. The van der Waals surface area contributed by atoms with Crippen LogP contribution in [0.4, 0.5) is 0 Å². The Morgan fingerprint density at radius 1 is 0.867 bits per heavy atom. The van der Waals surface area contributed by atoms with Crippen molar-refractivity contribution in [1.82, 2.24) is 0 Å². The number of nitrogens with zero attached hydrogens (tertiary/aromatic N) is 1. The minimum atomic E-state index is -0.709. The van der Waals surface area contributed by atoms with Crippen molar-refractivity contribution in [3.63, 3.8) is 0 Å². The van der Waals surface area contributed by atoms with E-state index in [2.05, 4.69) is 84.7 Å². The van der Waals surface area contributed by atoms with Gasteiger partial charge in [-0.2, -0.15) is 0 Å². The van der Waals surface area contributed by atoms with Crippen molar-refractivity contribution in [1.29, 1.82) is 0 Å². The summed E-state index contributed by atoms with van der Waals surface area (Å²) in [7, 11) is 0. The lowest BCUT2D eigenvalue weighted by atomic mass is 9.80. The second kappa shape index (κ2) is 9.96. The van der Waals surface area contributed by atoms with Crippen LogP contribution in [0.25, 0.3) is 0 Å². The lowest BCUT2D eigenvalue weighted by molar-refractivity contribution is -0.0362. The van der Waals surface area contributed by atoms with Crippen molar-refractivity contribution in [3.05, 3.63) is 108 Å². The van der Waals surface area contributed by atoms with Gasteiger partial charge in [0.15, 0.2) is 0 Å². The van der Waals surface area contributed by atoms with Gasteiger partial charge in [-0.25, -0.2) is 4.99 Å². The number of rotatable bonds is 7. The third-order valence-corrected chi connectivity index (χ3v) is 6.01. The molecule has 0 fully saturated rings. The zero-order valence-electron chi connectivity index (χ0n) is 17.2. The van der Waals surface area contributed by atoms with Gasteiger partial charge in [-0.1, -0.05) is 110 Å². The standard InChI is InChI=1S/C26H27NO2S/c1-2-30-25-27-19-18-24(29-25)20-28-26(21-12-6-3-7-13-21,22-14-8-4-9-15-22)23-16-10-5-11-17-23/h3-17,24H,2,18-20H2,1H3/t24-/m0/s1. The maximum Gasteiger partial charge on any atom is 0.246 e. The normalized spacial score (nSPS) is 16.6. The lowest BCUT2D eigenvalue weighted by Crippen LogP contribution is -2.37. The molecule has 1 aliphatic heterocycles. The Morgan fingerprint density at radius 2 is 1.37 bits per heavy atom. The van der Waals surface area contributed by atoms with E-state index >= 15 is 0 Å². The molecule has 0 bridgehead atoms. The number of hydrogen-bond acceptors (Lipinski definition) is 4. The quantitative estimate of drug-likeness (QED) is 0.449. The van der Waals surface area contributed by atoms with Crippen LogP contribution < -0.4 is 0 Å². The van der Waals surface area contributed by atoms with Crippen molar-refractivity contribution in [2.45, 2.75) is 25.0 Å². The first-order chi connectivity index (χ1) is 14.8. The highest BCUT2D eigenvalue weighted by atomic mass is 32.2. The summed E-state index contributed by atoms with van der Waals surface area (Å²) < 4.78 is 13.0. The van der Waals surface area contributed by atoms with Crippen LogP contribution >= 0.6 is 11.8 Å². The summed E-state index contributed by atoms with van der Waals surface area (Å²) in [6.07, 6.45) is 0.856. The van der Waals surface area contributed by atoms with Gasteiger partial charge in [-0.3, -0.25) is 0 Å². The van der Waals surface area contributed by atoms with Gasteiger partial charge in [0, 0.05) is 13.0 Å². The Hall–Kier alpha value is -2.56. The van der Waals surface area contributed by atoms with Crippen molar-refractivity contribution < 1.29 is 9.47 Å². The summed E-state index contributed by atoms with van der Waals surface area (Å²) in [5, 5.41) is 0.780. The SMILES string of the molecule is CCSC1=NCC[C@@H](COC(c2ccccc2)(c2ccccc2)c2ccccc2)O1. The van der Waals surface area contributed by atoms with Gasteiger partial charge >= 0.3 is 0 Å². The number of ether oxygens (including phenoxy) is 2. The van der Waals surface area contributed by atoms with Crippen molar-refractivity contribution >= 4 is 17.0 Å². The molecule has 0 N–H and O–H groups in total. The fourth-order valence-electron chi connectivity index (χ4n) is 3.85. The molecule has 0 saturated carbocycles. The molecule has 0 unspecified atom stereocenters. The average molecular weight is 418 g/mol. The number of benzene rings is 3. The third kappa shape index (κ3) is 4.45. The minimum absolute atomic E-state index is 0.00735. The van der Waals surface area contributed by atoms with Crippen LogP contribution in [0, 0.1) is 0 Å². The molecule has 1 atom stereocenters. The molecule has 4 rings (SSSR count). The Labute approximate surface area is 183 Å². The Kier molecular flexibility index (Phi) is 6.88. The topological polar surface area (TPSA) is 30.8 Å². The molecule has 3 aromatic carbocycles. The van der Waals surface area contributed by atoms with Crippen LogP contribution in [-0.2, 0) is 15.1 Å². The van der Waals surface area contributed by atoms with Gasteiger partial charge in [-0.15, -0.1) is 0 Å². The van der Waals surface area contributed by atoms with Crippen LogP contribution in [-0.4, -0.2) is 30.2 Å². The summed E-state index contributed by atoms with van der Waals surface area (Å²) in [4.78, 5) is 4.49. The maximum atomic E-state index is 6.86. The molecule has 3 aromatic rings. The van der Waals surface area contributed by atoms with Crippen LogP contribution in [0.2, 0.25) is 0 Å². The van der Waals surface area contributed by atoms with Gasteiger partial charge < -0.3 is 9.47 Å². The monoisotopic (exact) mass is 417 g/mol. The largest absolute Gasteiger partial charge is 0.467 e. The van der Waals surface area contributed by atoms with E-state index in [1.165, 1.54) is 0 Å². The molecule has 30 heavy (non-hydrogen) atoms. The van der Waals surface area contributed by atoms with E-state index in [0.29, 0.717) is 6.61 Å². The van der Waals surface area contributed by atoms with E-state index in [0.717, 1.165) is 40.6 Å². The first-order valence-corrected chi connectivity index (χ1v) is 11.5. The lowest BCUT2D eigenvalue weighted by Gasteiger charge is -2.37. The summed E-state index contributed by atoms with van der Waals surface area (Å²) >= 11 is 1.65. The molecule has 0 amide bonds. The molecule has 0 aromatic heterocycles. The van der Waals surface area contributed by atoms with Crippen molar-refractivity contribution in [3.8, 4) is 0 Å². The highest BCUT2D eigenvalue weighted by molar-refractivity contribution is 8.13. The van der Waals surface area contributed by atoms with E-state index in [9.17, 15) is 0 Å². The Bertz CT molecular complexity index is 848. The van der Waals surface area contributed by atoms with E-state index in [4.69, 9.17) is 9.47 Å². The minimum Gasteiger partial charge on any atom is -0.467 e. The van der Waals surface area contributed by atoms with Crippen LogP contribution in [0.1, 0.15) is 30.0 Å². The Balaban J connectivity index is 1.73. The van der Waals surface area contributed by atoms with Crippen molar-refractivity contribution in [2.24, 2.45) is 4.99 Å². The fraction of sp³-hybridized carbons (Fsp3) is 0.269. The van der Waals surface area contributed by atoms with E-state index in [1.807, 2.05) is 18.2 Å². The maximum absolute atomic E-state index is 6.86. The molecule has 0 spiro atoms. The highest BCUT2D eigenvalue weighted by Crippen LogP contribution is 2.40. The highest BCUT2D eigenvalue weighted by Gasteiger charge is 2.38. The smallest absolute Gasteiger partial charge is 0.246 e. The zero-order chi connectivity index (χ0) is 20.7. The molecular weight excluding hydrogens is 390 g/mol. The molecule has 1 heterocycles. The first kappa shape index (κ1) is 20.7. The fourth-order valence-corrected chi connectivity index (χ4v) is 4.48. The van der Waals surface area contributed by atoms with Gasteiger partial charge in [-0.05, 0) is 22.4 Å². The van der Waals surface area contributed by atoms with Crippen LogP contribution in [0.15, 0.2) is 96.0 Å². The average Bonchev–Trinajstić information content (AvgIpc) is 2.82. The van der Waals surface area contributed by atoms with Crippen LogP contribution in [0.5, 0.6) is 0 Å². The van der Waals surface area contributed by atoms with Crippen LogP contribution in [0.3, 0.4) is 0 Å². The zero-order valence-corrected chi connectivity index (χ0v) is 18.1. The van der Waals surface area contributed by atoms with Gasteiger partial charge in [0.05, 0.1) is 6.61 Å². The third-order valence-electron chi connectivity index (χ3n) is 5.25. The van der Waals surface area contributed by atoms with Crippen molar-refractivity contribution in [2.75, 3.05) is 18.9 Å². The molecule has 0 saturated heterocycles. The summed E-state index contributed by atoms with van der Waals surface area (Å²) in [6.45, 7) is 3.38. The summed E-state index contributed by atoms with van der Waals surface area (Å²) in [6, 6.07) is 31.4. The first-order valence-electron chi connectivity index (χ1n) is 10.5. The van der Waals surface area contributed by atoms with Gasteiger partial charge in [0.1, 0.15) is 11.7 Å². The number of aliphatic imine (C=N–C) groups is 1. The second-order valence-electron chi connectivity index (χ2n) is 7.20. The van der Waals surface area contributed by atoms with E-state index in [-0.39, 0.29) is 6.10 Å². The molecule has 0 radical (unpaired) electrons. The molecule has 0 aliphatic carbocycles. The molecule has 154 valence electrons. The van der Waals surface area contributed by atoms with E-state index < -0.39 is 5.60 Å². The van der Waals surface area contributed by atoms with Gasteiger partial charge in [0.25, 0.3) is 0 Å². The number of hydrogen-bond donors (Lipinski definition) is 0. The molecular formula is C26H27NO2S. The Morgan fingerprint density at radius 3 is 1.83 bits per heavy atom. The number of thioether (sulfide) groups is 1. The van der Waals surface area contributed by atoms with E-state index in [1.54, 1.807) is 11.8 Å². The predicted molar refractivity (Wildman–Crippen MR) is 125 cm³/mol. The summed E-state index contributed by atoms with van der Waals surface area (Å²) in [5.74, 6) is 0.953. The predicted octanol–water partition coefficient (Wildman–Crippen LogP) is 5.89. The molecule has 4 heteroatoms.